The van der Waals surface area contributed by atoms with Gasteiger partial charge < -0.3 is 0 Å². The molecule has 0 fully saturated rings. The Labute approximate surface area is 66.1 Å². The zero-order chi connectivity index (χ0) is 7.82. The van der Waals surface area contributed by atoms with Gasteiger partial charge in [-0.15, -0.1) is 0 Å². The van der Waals surface area contributed by atoms with E-state index in [0.717, 1.165) is 0 Å². The van der Waals surface area contributed by atoms with Crippen molar-refractivity contribution in [3.8, 4) is 0 Å². The SMILES string of the molecule is [B]=CC(C)CCCCCC. The van der Waals surface area contributed by atoms with Gasteiger partial charge in [-0.3, -0.25) is 0 Å². The second-order valence-electron chi connectivity index (χ2n) is 3.02. The second kappa shape index (κ2) is 7.05. The molecule has 0 heterocycles. The van der Waals surface area contributed by atoms with E-state index in [9.17, 15) is 0 Å². The van der Waals surface area contributed by atoms with E-state index in [1.807, 2.05) is 0 Å². The molecule has 0 N–H and O–H groups in total. The van der Waals surface area contributed by atoms with E-state index in [-0.39, 0.29) is 0 Å². The Kier molecular flexibility index (Phi) is 7.00. The molecule has 0 rings (SSSR count). The van der Waals surface area contributed by atoms with Crippen LogP contribution >= 0.6 is 0 Å². The van der Waals surface area contributed by atoms with Crippen molar-refractivity contribution < 1.29 is 0 Å². The molecular formula is C9H18B. The van der Waals surface area contributed by atoms with E-state index in [2.05, 4.69) is 13.8 Å². The van der Waals surface area contributed by atoms with Crippen LogP contribution in [0.15, 0.2) is 0 Å². The summed E-state index contributed by atoms with van der Waals surface area (Å²) >= 11 is 0. The Morgan fingerprint density at radius 2 is 2.00 bits per heavy atom. The summed E-state index contributed by atoms with van der Waals surface area (Å²) in [6.45, 7) is 4.41. The van der Waals surface area contributed by atoms with Gasteiger partial charge in [0, 0.05) is 0 Å². The van der Waals surface area contributed by atoms with E-state index in [4.69, 9.17) is 7.49 Å². The average molecular weight is 137 g/mol. The predicted molar refractivity (Wildman–Crippen MR) is 49.7 cm³/mol. The molecule has 0 aliphatic heterocycles. The van der Waals surface area contributed by atoms with Gasteiger partial charge in [-0.1, -0.05) is 0 Å². The molecule has 0 amide bonds. The maximum atomic E-state index is 5.36. The van der Waals surface area contributed by atoms with Gasteiger partial charge in [0.25, 0.3) is 0 Å². The second-order valence-corrected chi connectivity index (χ2v) is 3.02. The zero-order valence-electron chi connectivity index (χ0n) is 7.27. The van der Waals surface area contributed by atoms with Gasteiger partial charge >= 0.3 is 65.3 Å². The fourth-order valence-corrected chi connectivity index (χ4v) is 0.989. The third-order valence-electron chi connectivity index (χ3n) is 1.84. The Hall–Kier alpha value is -0.0651. The summed E-state index contributed by atoms with van der Waals surface area (Å²) in [7, 11) is 5.36. The van der Waals surface area contributed by atoms with Gasteiger partial charge in [-0.05, 0) is 0 Å². The molecule has 0 aliphatic carbocycles. The minimum absolute atomic E-state index is 0.608. The summed E-state index contributed by atoms with van der Waals surface area (Å²) in [6, 6.07) is 0. The van der Waals surface area contributed by atoms with E-state index in [0.29, 0.717) is 5.92 Å². The van der Waals surface area contributed by atoms with Crippen LogP contribution in [0.1, 0.15) is 46.0 Å². The Balaban J connectivity index is 2.95. The number of hydrogen-bond donors (Lipinski definition) is 0. The standard InChI is InChI=1S/C9H18B/c1-3-4-5-6-7-9(2)8-10/h8-9H,3-7H2,1-2H3. The molecule has 57 valence electrons. The molecule has 0 aliphatic rings. The number of unbranched alkanes of at least 4 members (excludes halogenated alkanes) is 3. The molecule has 1 radical (unpaired) electrons. The van der Waals surface area contributed by atoms with Crippen molar-refractivity contribution in [2.24, 2.45) is 5.92 Å². The molecule has 0 aromatic heterocycles. The normalized spacial score (nSPS) is 12.9. The van der Waals surface area contributed by atoms with Crippen LogP contribution in [0.5, 0.6) is 0 Å². The van der Waals surface area contributed by atoms with Crippen LogP contribution in [-0.4, -0.2) is 13.5 Å². The monoisotopic (exact) mass is 137 g/mol. The van der Waals surface area contributed by atoms with Crippen LogP contribution in [0.25, 0.3) is 0 Å². The van der Waals surface area contributed by atoms with Crippen molar-refractivity contribution in [2.75, 3.05) is 0 Å². The van der Waals surface area contributed by atoms with Crippen LogP contribution in [0.3, 0.4) is 0 Å². The fraction of sp³-hybridized carbons (Fsp3) is 0.889. The summed E-state index contributed by atoms with van der Waals surface area (Å²) in [6.07, 6.45) is 6.66. The van der Waals surface area contributed by atoms with E-state index in [1.54, 1.807) is 5.97 Å². The molecule has 0 aromatic carbocycles. The summed E-state index contributed by atoms with van der Waals surface area (Å²) in [4.78, 5) is 0. The zero-order valence-corrected chi connectivity index (χ0v) is 7.27. The van der Waals surface area contributed by atoms with Crippen LogP contribution in [0, 0.1) is 5.92 Å². The van der Waals surface area contributed by atoms with E-state index in [1.165, 1.54) is 32.1 Å². The van der Waals surface area contributed by atoms with E-state index >= 15 is 0 Å². The first kappa shape index (κ1) is 9.93. The van der Waals surface area contributed by atoms with Gasteiger partial charge in [0.2, 0.25) is 0 Å². The summed E-state index contributed by atoms with van der Waals surface area (Å²) in [5, 5.41) is 0. The first-order valence-corrected chi connectivity index (χ1v) is 4.36. The Morgan fingerprint density at radius 1 is 1.30 bits per heavy atom. The first-order valence-electron chi connectivity index (χ1n) is 4.36. The third-order valence-corrected chi connectivity index (χ3v) is 1.84. The molecule has 0 nitrogen and oxygen atoms in total. The van der Waals surface area contributed by atoms with Gasteiger partial charge in [-0.25, -0.2) is 0 Å². The van der Waals surface area contributed by atoms with Gasteiger partial charge in [-0.2, -0.15) is 0 Å². The van der Waals surface area contributed by atoms with Gasteiger partial charge in [0.1, 0.15) is 0 Å². The number of rotatable bonds is 6. The van der Waals surface area contributed by atoms with Crippen molar-refractivity contribution in [3.63, 3.8) is 0 Å². The van der Waals surface area contributed by atoms with Gasteiger partial charge in [0.05, 0.1) is 0 Å². The molecule has 0 spiro atoms. The molecule has 1 atom stereocenters. The molecular weight excluding hydrogens is 119 g/mol. The summed E-state index contributed by atoms with van der Waals surface area (Å²) in [5.41, 5.74) is 0. The summed E-state index contributed by atoms with van der Waals surface area (Å²) in [5.74, 6) is 2.41. The molecule has 0 aromatic rings. The topological polar surface area (TPSA) is 0 Å². The quantitative estimate of drug-likeness (QED) is 0.389. The maximum absolute atomic E-state index is 5.36. The molecule has 1 heteroatoms. The van der Waals surface area contributed by atoms with Crippen LogP contribution in [0.4, 0.5) is 0 Å². The fourth-order valence-electron chi connectivity index (χ4n) is 0.989. The van der Waals surface area contributed by atoms with Crippen LogP contribution in [0.2, 0.25) is 0 Å². The minimum atomic E-state index is 0.608. The van der Waals surface area contributed by atoms with Crippen molar-refractivity contribution >= 4 is 13.5 Å². The van der Waals surface area contributed by atoms with E-state index < -0.39 is 0 Å². The predicted octanol–water partition coefficient (Wildman–Crippen LogP) is 2.56. The first-order chi connectivity index (χ1) is 4.81. The van der Waals surface area contributed by atoms with Crippen LogP contribution in [-0.2, 0) is 0 Å². The molecule has 1 unspecified atom stereocenters. The molecule has 0 saturated heterocycles. The van der Waals surface area contributed by atoms with Gasteiger partial charge in [0.15, 0.2) is 0 Å². The van der Waals surface area contributed by atoms with Crippen molar-refractivity contribution in [1.29, 1.82) is 0 Å². The Morgan fingerprint density at radius 3 is 2.50 bits per heavy atom. The van der Waals surface area contributed by atoms with Crippen LogP contribution < -0.4 is 0 Å². The molecule has 10 heavy (non-hydrogen) atoms. The molecule has 0 bridgehead atoms. The Bertz CT molecular complexity index is 78.8. The summed E-state index contributed by atoms with van der Waals surface area (Å²) < 4.78 is 0. The van der Waals surface area contributed by atoms with Crippen molar-refractivity contribution in [3.05, 3.63) is 0 Å². The molecule has 0 saturated carbocycles. The number of hydrogen-bond acceptors (Lipinski definition) is 0. The van der Waals surface area contributed by atoms with Crippen molar-refractivity contribution in [2.45, 2.75) is 46.0 Å². The average Bonchev–Trinajstić information content (AvgIpc) is 1.98. The van der Waals surface area contributed by atoms with Crippen molar-refractivity contribution in [1.82, 2.24) is 0 Å². The third kappa shape index (κ3) is 6.06.